The number of benzene rings is 2. The van der Waals surface area contributed by atoms with Crippen molar-refractivity contribution >= 4 is 17.3 Å². The largest absolute Gasteiger partial charge is 0.382 e. The van der Waals surface area contributed by atoms with Crippen LogP contribution >= 0.6 is 0 Å². The SMILES string of the molecule is Cc1cc(NCC2CN(CC(C)C)CCO2)cc(Nc2ncn(-c3cc(F)cc(F)c3)n2)c1. The third kappa shape index (κ3) is 6.49. The standard InChI is InChI=1S/C24H30F2N6O/c1-16(2)13-31-4-5-33-23(14-31)12-27-20-6-17(3)7-21(11-20)29-24-28-15-32(30-24)22-9-18(25)8-19(26)10-22/h6-11,15-16,23,27H,4-5,12-14H2,1-3H3,(H,29,30). The summed E-state index contributed by atoms with van der Waals surface area (Å²) in [6.45, 7) is 10.9. The summed E-state index contributed by atoms with van der Waals surface area (Å²) in [6.07, 6.45) is 1.55. The normalized spacial score (nSPS) is 16.8. The first-order valence-corrected chi connectivity index (χ1v) is 11.2. The van der Waals surface area contributed by atoms with Crippen LogP contribution in [0.5, 0.6) is 0 Å². The number of halogens is 2. The first-order valence-electron chi connectivity index (χ1n) is 11.2. The molecule has 0 amide bonds. The molecule has 1 unspecified atom stereocenters. The molecule has 9 heteroatoms. The van der Waals surface area contributed by atoms with Crippen LogP contribution in [-0.4, -0.2) is 58.6 Å². The number of aromatic nitrogens is 3. The summed E-state index contributed by atoms with van der Waals surface area (Å²) in [4.78, 5) is 6.66. The van der Waals surface area contributed by atoms with Crippen molar-refractivity contribution in [3.8, 4) is 5.69 Å². The Morgan fingerprint density at radius 3 is 2.61 bits per heavy atom. The maximum atomic E-state index is 13.5. The Bertz CT molecular complexity index is 1070. The molecule has 7 nitrogen and oxygen atoms in total. The van der Waals surface area contributed by atoms with E-state index in [2.05, 4.69) is 45.5 Å². The molecule has 1 saturated heterocycles. The van der Waals surface area contributed by atoms with Gasteiger partial charge in [-0.05, 0) is 48.7 Å². The second kappa shape index (κ2) is 10.3. The van der Waals surface area contributed by atoms with E-state index in [1.165, 1.54) is 23.1 Å². The Balaban J connectivity index is 1.39. The van der Waals surface area contributed by atoms with Crippen LogP contribution in [0.1, 0.15) is 19.4 Å². The molecular weight excluding hydrogens is 426 g/mol. The highest BCUT2D eigenvalue weighted by Gasteiger charge is 2.20. The van der Waals surface area contributed by atoms with Gasteiger partial charge in [-0.2, -0.15) is 4.98 Å². The lowest BCUT2D eigenvalue weighted by Crippen LogP contribution is -2.46. The monoisotopic (exact) mass is 456 g/mol. The molecule has 1 aliphatic rings. The molecule has 3 aromatic rings. The predicted molar refractivity (Wildman–Crippen MR) is 125 cm³/mol. The molecular formula is C24H30F2N6O. The van der Waals surface area contributed by atoms with E-state index >= 15 is 0 Å². The fraction of sp³-hybridized carbons (Fsp3) is 0.417. The summed E-state index contributed by atoms with van der Waals surface area (Å²) in [5.74, 6) is -0.368. The van der Waals surface area contributed by atoms with Crippen LogP contribution < -0.4 is 10.6 Å². The zero-order chi connectivity index (χ0) is 23.4. The van der Waals surface area contributed by atoms with Gasteiger partial charge in [0.2, 0.25) is 5.95 Å². The fourth-order valence-electron chi connectivity index (χ4n) is 4.02. The number of hydrogen-bond acceptors (Lipinski definition) is 6. The van der Waals surface area contributed by atoms with Gasteiger partial charge in [0.25, 0.3) is 0 Å². The average molecular weight is 457 g/mol. The summed E-state index contributed by atoms with van der Waals surface area (Å²) in [6, 6.07) is 9.25. The van der Waals surface area contributed by atoms with E-state index in [9.17, 15) is 8.78 Å². The lowest BCUT2D eigenvalue weighted by atomic mass is 10.1. The number of hydrogen-bond donors (Lipinski definition) is 2. The van der Waals surface area contributed by atoms with Crippen molar-refractivity contribution in [3.63, 3.8) is 0 Å². The Morgan fingerprint density at radius 2 is 1.85 bits per heavy atom. The molecule has 176 valence electrons. The van der Waals surface area contributed by atoms with Gasteiger partial charge in [0.05, 0.1) is 18.4 Å². The van der Waals surface area contributed by atoms with Gasteiger partial charge in [0.15, 0.2) is 0 Å². The third-order valence-corrected chi connectivity index (χ3v) is 5.32. The molecule has 0 bridgehead atoms. The van der Waals surface area contributed by atoms with Gasteiger partial charge in [-0.1, -0.05) is 13.8 Å². The molecule has 2 aromatic carbocycles. The van der Waals surface area contributed by atoms with Gasteiger partial charge in [0.1, 0.15) is 18.0 Å². The summed E-state index contributed by atoms with van der Waals surface area (Å²) in [5.41, 5.74) is 3.11. The Hall–Kier alpha value is -3.04. The lowest BCUT2D eigenvalue weighted by Gasteiger charge is -2.34. The number of anilines is 3. The molecule has 1 fully saturated rings. The Morgan fingerprint density at radius 1 is 1.09 bits per heavy atom. The number of morpholine rings is 1. The van der Waals surface area contributed by atoms with Gasteiger partial charge in [-0.25, -0.2) is 13.5 Å². The molecule has 2 heterocycles. The van der Waals surface area contributed by atoms with Crippen molar-refractivity contribution in [2.24, 2.45) is 5.92 Å². The maximum Gasteiger partial charge on any atom is 0.246 e. The van der Waals surface area contributed by atoms with E-state index in [0.717, 1.165) is 55.8 Å². The molecule has 0 spiro atoms. The highest BCUT2D eigenvalue weighted by molar-refractivity contribution is 5.63. The van der Waals surface area contributed by atoms with E-state index in [0.29, 0.717) is 11.9 Å². The van der Waals surface area contributed by atoms with Crippen LogP contribution in [0, 0.1) is 24.5 Å². The van der Waals surface area contributed by atoms with Gasteiger partial charge in [0, 0.05) is 43.6 Å². The van der Waals surface area contributed by atoms with E-state index in [-0.39, 0.29) is 11.8 Å². The van der Waals surface area contributed by atoms with Crippen LogP contribution in [0.4, 0.5) is 26.1 Å². The lowest BCUT2D eigenvalue weighted by molar-refractivity contribution is -0.0244. The minimum absolute atomic E-state index is 0.137. The number of ether oxygens (including phenoxy) is 1. The Labute approximate surface area is 192 Å². The van der Waals surface area contributed by atoms with Gasteiger partial charge >= 0.3 is 0 Å². The minimum atomic E-state index is -0.668. The molecule has 1 aromatic heterocycles. The van der Waals surface area contributed by atoms with Crippen LogP contribution in [0.25, 0.3) is 5.69 Å². The van der Waals surface area contributed by atoms with Crippen molar-refractivity contribution in [2.45, 2.75) is 26.9 Å². The zero-order valence-electron chi connectivity index (χ0n) is 19.2. The van der Waals surface area contributed by atoms with E-state index in [1.54, 1.807) is 0 Å². The molecule has 2 N–H and O–H groups in total. The molecule has 1 atom stereocenters. The predicted octanol–water partition coefficient (Wildman–Crippen LogP) is 4.37. The smallest absolute Gasteiger partial charge is 0.246 e. The zero-order valence-corrected chi connectivity index (χ0v) is 19.2. The second-order valence-electron chi connectivity index (χ2n) is 8.88. The number of aryl methyl sites for hydroxylation is 1. The van der Waals surface area contributed by atoms with Gasteiger partial charge in [-0.15, -0.1) is 5.10 Å². The van der Waals surface area contributed by atoms with Crippen molar-refractivity contribution in [3.05, 3.63) is 59.9 Å². The number of nitrogens with zero attached hydrogens (tertiary/aromatic N) is 4. The van der Waals surface area contributed by atoms with Crippen molar-refractivity contribution in [2.75, 3.05) is 43.4 Å². The van der Waals surface area contributed by atoms with Crippen molar-refractivity contribution in [1.29, 1.82) is 0 Å². The topological polar surface area (TPSA) is 67.2 Å². The number of rotatable bonds is 8. The summed E-state index contributed by atoms with van der Waals surface area (Å²) < 4.78 is 34.3. The van der Waals surface area contributed by atoms with E-state index < -0.39 is 11.6 Å². The summed E-state index contributed by atoms with van der Waals surface area (Å²) in [5, 5.41) is 10.9. The first-order chi connectivity index (χ1) is 15.8. The minimum Gasteiger partial charge on any atom is -0.382 e. The summed E-state index contributed by atoms with van der Waals surface area (Å²) >= 11 is 0. The van der Waals surface area contributed by atoms with E-state index in [1.807, 2.05) is 19.1 Å². The summed E-state index contributed by atoms with van der Waals surface area (Å²) in [7, 11) is 0. The van der Waals surface area contributed by atoms with Crippen LogP contribution in [-0.2, 0) is 4.74 Å². The van der Waals surface area contributed by atoms with Crippen LogP contribution in [0.15, 0.2) is 42.7 Å². The second-order valence-corrected chi connectivity index (χ2v) is 8.88. The maximum absolute atomic E-state index is 13.5. The first kappa shape index (κ1) is 23.1. The highest BCUT2D eigenvalue weighted by Crippen LogP contribution is 2.22. The molecule has 0 saturated carbocycles. The van der Waals surface area contributed by atoms with Crippen molar-refractivity contribution in [1.82, 2.24) is 19.7 Å². The molecule has 1 aliphatic heterocycles. The third-order valence-electron chi connectivity index (χ3n) is 5.32. The Kier molecular flexibility index (Phi) is 7.20. The van der Waals surface area contributed by atoms with Crippen LogP contribution in [0.2, 0.25) is 0 Å². The van der Waals surface area contributed by atoms with E-state index in [4.69, 9.17) is 4.74 Å². The van der Waals surface area contributed by atoms with Crippen molar-refractivity contribution < 1.29 is 13.5 Å². The quantitative estimate of drug-likeness (QED) is 0.525. The van der Waals surface area contributed by atoms with Gasteiger partial charge < -0.3 is 15.4 Å². The fourth-order valence-corrected chi connectivity index (χ4v) is 4.02. The number of nitrogens with one attached hydrogen (secondary N) is 2. The molecule has 0 aliphatic carbocycles. The molecule has 33 heavy (non-hydrogen) atoms. The highest BCUT2D eigenvalue weighted by atomic mass is 19.1. The molecule has 4 rings (SSSR count). The molecule has 0 radical (unpaired) electrons. The van der Waals surface area contributed by atoms with Gasteiger partial charge in [-0.3, -0.25) is 4.90 Å². The average Bonchev–Trinajstić information content (AvgIpc) is 3.19. The van der Waals surface area contributed by atoms with Crippen LogP contribution in [0.3, 0.4) is 0 Å².